The standard InChI is InChI=1S/C74H146O7/c1-7-13-19-23-27-41-49-57-67-75-71(76-68-58-50-42-28-24-20-14-8-2)61-53-45-37-33-31-35-39-47-55-63-73(79-65-17-11-5)81-74(80-66-18-12-6)64-56-48-40-36-32-34-38-46-54-62-72(77-69-59-51-43-29-25-21-15-9-3)78-70-60-52-44-30-26-22-16-10-4/h55-56,63-64,71-74H,7-54,57-62,65-70H2,1-6H3. The van der Waals surface area contributed by atoms with E-state index in [0.717, 1.165) is 77.8 Å². The molecular weight excluding hydrogens is 1000 g/mol. The van der Waals surface area contributed by atoms with Crippen LogP contribution in [-0.2, 0) is 33.2 Å². The summed E-state index contributed by atoms with van der Waals surface area (Å²) in [5, 5.41) is 0. The number of allylic oxidation sites excluding steroid dienone is 2. The highest BCUT2D eigenvalue weighted by atomic mass is 16.8. The van der Waals surface area contributed by atoms with E-state index in [1.54, 1.807) is 0 Å². The Morgan fingerprint density at radius 1 is 0.210 bits per heavy atom. The molecule has 0 spiro atoms. The maximum Gasteiger partial charge on any atom is 0.180 e. The maximum absolute atomic E-state index is 6.50. The van der Waals surface area contributed by atoms with Crippen LogP contribution in [0.2, 0.25) is 0 Å². The molecule has 2 atom stereocenters. The lowest BCUT2D eigenvalue weighted by Gasteiger charge is -2.21. The maximum atomic E-state index is 6.50. The summed E-state index contributed by atoms with van der Waals surface area (Å²) in [4.78, 5) is 0. The molecule has 0 aromatic heterocycles. The van der Waals surface area contributed by atoms with Gasteiger partial charge in [-0.05, 0) is 102 Å². The van der Waals surface area contributed by atoms with Crippen LogP contribution in [0.4, 0.5) is 0 Å². The smallest absolute Gasteiger partial charge is 0.180 e. The Morgan fingerprint density at radius 2 is 0.420 bits per heavy atom. The number of hydrogen-bond acceptors (Lipinski definition) is 7. The normalized spacial score (nSPS) is 12.9. The van der Waals surface area contributed by atoms with E-state index in [9.17, 15) is 0 Å². The van der Waals surface area contributed by atoms with Gasteiger partial charge in [-0.15, -0.1) is 0 Å². The lowest BCUT2D eigenvalue weighted by atomic mass is 10.1. The molecule has 7 heteroatoms. The van der Waals surface area contributed by atoms with E-state index in [-0.39, 0.29) is 25.2 Å². The summed E-state index contributed by atoms with van der Waals surface area (Å²) in [6.07, 6.45) is 77.0. The lowest BCUT2D eigenvalue weighted by Crippen LogP contribution is -2.25. The molecule has 0 N–H and O–H groups in total. The van der Waals surface area contributed by atoms with Gasteiger partial charge in [0, 0.05) is 26.4 Å². The molecule has 81 heavy (non-hydrogen) atoms. The molecule has 0 aliphatic carbocycles. The zero-order valence-corrected chi connectivity index (χ0v) is 55.9. The van der Waals surface area contributed by atoms with Crippen molar-refractivity contribution in [2.24, 2.45) is 0 Å². The van der Waals surface area contributed by atoms with Crippen LogP contribution >= 0.6 is 0 Å². The summed E-state index contributed by atoms with van der Waals surface area (Å²) < 4.78 is 44.4. The third-order valence-electron chi connectivity index (χ3n) is 16.2. The van der Waals surface area contributed by atoms with E-state index in [2.05, 4.69) is 65.8 Å². The van der Waals surface area contributed by atoms with E-state index in [1.807, 2.05) is 0 Å². The Balaban J connectivity index is 4.67. The van der Waals surface area contributed by atoms with E-state index >= 15 is 0 Å². The third kappa shape index (κ3) is 65.0. The zero-order valence-electron chi connectivity index (χ0n) is 55.9. The molecule has 0 rings (SSSR count). The van der Waals surface area contributed by atoms with Crippen molar-refractivity contribution in [2.45, 2.75) is 413 Å². The molecule has 0 aliphatic rings. The Bertz CT molecular complexity index is 1050. The van der Waals surface area contributed by atoms with Gasteiger partial charge in [0.15, 0.2) is 25.2 Å². The van der Waals surface area contributed by atoms with Gasteiger partial charge in [0.25, 0.3) is 0 Å². The van der Waals surface area contributed by atoms with Crippen molar-refractivity contribution in [1.29, 1.82) is 0 Å². The average Bonchev–Trinajstić information content (AvgIpc) is 3.47. The molecule has 0 fully saturated rings. The Kier molecular flexibility index (Phi) is 71.0. The zero-order chi connectivity index (χ0) is 58.5. The van der Waals surface area contributed by atoms with Gasteiger partial charge in [-0.1, -0.05) is 311 Å². The first-order chi connectivity index (χ1) is 40.1. The van der Waals surface area contributed by atoms with Crippen LogP contribution in [0.5, 0.6) is 0 Å². The van der Waals surface area contributed by atoms with Crippen LogP contribution in [0.3, 0.4) is 0 Å². The molecule has 0 saturated heterocycles. The quantitative estimate of drug-likeness (QED) is 0.0342. The number of unbranched alkanes of at least 4 members (excludes halogenated alkanes) is 44. The highest BCUT2D eigenvalue weighted by Gasteiger charge is 2.15. The summed E-state index contributed by atoms with van der Waals surface area (Å²) >= 11 is 0. The van der Waals surface area contributed by atoms with Gasteiger partial charge >= 0.3 is 0 Å². The second-order valence-corrected chi connectivity index (χ2v) is 24.5. The van der Waals surface area contributed by atoms with Crippen molar-refractivity contribution in [1.82, 2.24) is 0 Å². The topological polar surface area (TPSA) is 64.6 Å². The van der Waals surface area contributed by atoms with Gasteiger partial charge in [-0.2, -0.15) is 0 Å². The van der Waals surface area contributed by atoms with Gasteiger partial charge < -0.3 is 33.2 Å². The van der Waals surface area contributed by atoms with Gasteiger partial charge in [-0.25, -0.2) is 0 Å². The highest BCUT2D eigenvalue weighted by molar-refractivity contribution is 4.90. The molecule has 0 amide bonds. The molecule has 0 heterocycles. The highest BCUT2D eigenvalue weighted by Crippen LogP contribution is 2.19. The molecule has 7 nitrogen and oxygen atoms in total. The predicted octanol–water partition coefficient (Wildman–Crippen LogP) is 24.7. The van der Waals surface area contributed by atoms with Crippen molar-refractivity contribution in [3.05, 3.63) is 24.3 Å². The largest absolute Gasteiger partial charge is 0.353 e. The van der Waals surface area contributed by atoms with E-state index < -0.39 is 0 Å². The van der Waals surface area contributed by atoms with Gasteiger partial charge in [0.2, 0.25) is 0 Å². The van der Waals surface area contributed by atoms with Gasteiger partial charge in [-0.3, -0.25) is 0 Å². The van der Waals surface area contributed by atoms with E-state index in [0.29, 0.717) is 13.2 Å². The minimum atomic E-state index is -0.386. The second-order valence-electron chi connectivity index (χ2n) is 24.5. The summed E-state index contributed by atoms with van der Waals surface area (Å²) in [7, 11) is 0. The monoisotopic (exact) mass is 1150 g/mol. The Hall–Kier alpha value is -0.800. The fraction of sp³-hybridized carbons (Fsp3) is 0.946. The van der Waals surface area contributed by atoms with Crippen LogP contribution in [-0.4, -0.2) is 64.8 Å². The predicted molar refractivity (Wildman–Crippen MR) is 354 cm³/mol. The average molecular weight is 1150 g/mol. The minimum Gasteiger partial charge on any atom is -0.353 e. The molecule has 0 aromatic carbocycles. The molecule has 0 saturated carbocycles. The van der Waals surface area contributed by atoms with E-state index in [1.165, 1.54) is 295 Å². The molecule has 0 aromatic rings. The van der Waals surface area contributed by atoms with Crippen molar-refractivity contribution >= 4 is 0 Å². The molecule has 484 valence electrons. The SMILES string of the molecule is CCCCCCCCCCOC(CCCCCCCCCC=CC(OCCCC)OC(C=CCCCCCCCCCC(OCCCCCCCCCC)OCCCCCCCCCC)OCCCC)OCCCCCCCCCC. The van der Waals surface area contributed by atoms with Crippen molar-refractivity contribution in [3.63, 3.8) is 0 Å². The number of ether oxygens (including phenoxy) is 7. The van der Waals surface area contributed by atoms with Crippen LogP contribution < -0.4 is 0 Å². The lowest BCUT2D eigenvalue weighted by molar-refractivity contribution is -0.208. The Morgan fingerprint density at radius 3 is 0.679 bits per heavy atom. The van der Waals surface area contributed by atoms with Gasteiger partial charge in [0.1, 0.15) is 0 Å². The third-order valence-corrected chi connectivity index (χ3v) is 16.2. The summed E-state index contributed by atoms with van der Waals surface area (Å²) in [5.74, 6) is 0. The fourth-order valence-electron chi connectivity index (χ4n) is 10.7. The summed E-state index contributed by atoms with van der Waals surface area (Å²) in [6.45, 7) is 18.4. The summed E-state index contributed by atoms with van der Waals surface area (Å²) in [6, 6.07) is 0. The van der Waals surface area contributed by atoms with Crippen molar-refractivity contribution in [2.75, 3.05) is 39.6 Å². The van der Waals surface area contributed by atoms with Crippen LogP contribution in [0.15, 0.2) is 24.3 Å². The minimum absolute atomic E-state index is 0.0189. The first-order valence-corrected chi connectivity index (χ1v) is 36.8. The van der Waals surface area contributed by atoms with Gasteiger partial charge in [0.05, 0.1) is 13.2 Å². The van der Waals surface area contributed by atoms with Crippen molar-refractivity contribution in [3.8, 4) is 0 Å². The molecule has 0 aliphatic heterocycles. The van der Waals surface area contributed by atoms with Crippen molar-refractivity contribution < 1.29 is 33.2 Å². The molecule has 0 radical (unpaired) electrons. The van der Waals surface area contributed by atoms with E-state index in [4.69, 9.17) is 33.2 Å². The number of rotatable bonds is 72. The molecular formula is C74H146O7. The first kappa shape index (κ1) is 80.2. The second kappa shape index (κ2) is 71.7. The fourth-order valence-corrected chi connectivity index (χ4v) is 10.7. The van der Waals surface area contributed by atoms with Crippen LogP contribution in [0.25, 0.3) is 0 Å². The Labute approximate surface area is 508 Å². The number of hydrogen-bond donors (Lipinski definition) is 0. The first-order valence-electron chi connectivity index (χ1n) is 36.8. The van der Waals surface area contributed by atoms with Crippen LogP contribution in [0.1, 0.15) is 388 Å². The molecule has 2 unspecified atom stereocenters. The molecule has 0 bridgehead atoms. The summed E-state index contributed by atoms with van der Waals surface area (Å²) in [5.41, 5.74) is 0. The van der Waals surface area contributed by atoms with Crippen LogP contribution in [0, 0.1) is 0 Å².